The summed E-state index contributed by atoms with van der Waals surface area (Å²) < 4.78 is 10.5. The average molecular weight is 319 g/mol. The van der Waals surface area contributed by atoms with Crippen LogP contribution in [0, 0.1) is 11.3 Å². The van der Waals surface area contributed by atoms with Crippen LogP contribution in [0.3, 0.4) is 0 Å². The van der Waals surface area contributed by atoms with E-state index in [2.05, 4.69) is 6.92 Å². The third kappa shape index (κ3) is 3.16. The lowest BCUT2D eigenvalue weighted by molar-refractivity contribution is -0.132. The first kappa shape index (κ1) is 15.8. The van der Waals surface area contributed by atoms with Crippen molar-refractivity contribution in [3.63, 3.8) is 0 Å². The summed E-state index contributed by atoms with van der Waals surface area (Å²) in [5, 5.41) is 9.32. The number of hydrogen-bond donors (Lipinski definition) is 0. The first-order chi connectivity index (χ1) is 11.7. The van der Waals surface area contributed by atoms with Crippen LogP contribution in [-0.4, -0.2) is 5.97 Å². The Morgan fingerprint density at radius 2 is 2.00 bits per heavy atom. The van der Waals surface area contributed by atoms with E-state index in [0.717, 1.165) is 24.8 Å². The zero-order chi connectivity index (χ0) is 16.9. The van der Waals surface area contributed by atoms with Gasteiger partial charge < -0.3 is 9.15 Å². The van der Waals surface area contributed by atoms with Gasteiger partial charge in [0.15, 0.2) is 0 Å². The number of benzene rings is 1. The number of aryl methyl sites for hydroxylation is 1. The van der Waals surface area contributed by atoms with Crippen molar-refractivity contribution in [1.82, 2.24) is 0 Å². The number of esters is 1. The van der Waals surface area contributed by atoms with Crippen LogP contribution in [0.4, 0.5) is 0 Å². The first-order valence-corrected chi connectivity index (χ1v) is 7.94. The molecule has 0 bridgehead atoms. The minimum atomic E-state index is -0.625. The van der Waals surface area contributed by atoms with Crippen LogP contribution < -0.4 is 0 Å². The minimum absolute atomic E-state index is 0.0223. The fraction of sp³-hybridized carbons (Fsp3) is 0.200. The minimum Gasteiger partial charge on any atom is -0.465 e. The number of carbonyl (C=O) groups excluding carboxylic acids is 1. The van der Waals surface area contributed by atoms with Crippen LogP contribution in [-0.2, 0) is 16.0 Å². The number of hydrogen-bond acceptors (Lipinski definition) is 4. The molecule has 0 fully saturated rings. The number of cyclic esters (lactones) is 1. The molecule has 1 aromatic heterocycles. The Morgan fingerprint density at radius 1 is 1.21 bits per heavy atom. The summed E-state index contributed by atoms with van der Waals surface area (Å²) in [6, 6.07) is 13.4. The van der Waals surface area contributed by atoms with E-state index in [0.29, 0.717) is 17.1 Å². The third-order valence-electron chi connectivity index (χ3n) is 3.89. The number of nitrogens with zero attached hydrogens (tertiary/aromatic N) is 1. The second-order valence-corrected chi connectivity index (χ2v) is 5.58. The van der Waals surface area contributed by atoms with Crippen molar-refractivity contribution in [2.45, 2.75) is 26.2 Å². The van der Waals surface area contributed by atoms with E-state index in [1.54, 1.807) is 24.5 Å². The molecule has 2 heterocycles. The summed E-state index contributed by atoms with van der Waals surface area (Å²) in [6.45, 7) is 2.16. The quantitative estimate of drug-likeness (QED) is 0.761. The highest BCUT2D eigenvalue weighted by Crippen LogP contribution is 2.35. The number of allylic oxidation sites excluding steroid dienone is 1. The summed E-state index contributed by atoms with van der Waals surface area (Å²) in [5.74, 6) is 0.280. The molecule has 0 unspecified atom stereocenters. The Labute approximate surface area is 140 Å². The van der Waals surface area contributed by atoms with Gasteiger partial charge in [-0.05, 0) is 36.1 Å². The number of unbranched alkanes of at least 4 members (excludes halogenated alkanes) is 1. The van der Waals surface area contributed by atoms with E-state index < -0.39 is 5.97 Å². The van der Waals surface area contributed by atoms with Gasteiger partial charge in [-0.1, -0.05) is 37.6 Å². The van der Waals surface area contributed by atoms with Crippen molar-refractivity contribution >= 4 is 17.6 Å². The summed E-state index contributed by atoms with van der Waals surface area (Å²) in [6.07, 6.45) is 6.47. The van der Waals surface area contributed by atoms with Gasteiger partial charge in [-0.2, -0.15) is 5.26 Å². The maximum Gasteiger partial charge on any atom is 0.355 e. The summed E-state index contributed by atoms with van der Waals surface area (Å²) in [5.41, 5.74) is 2.56. The van der Waals surface area contributed by atoms with Gasteiger partial charge in [0.25, 0.3) is 0 Å². The van der Waals surface area contributed by atoms with Crippen LogP contribution in [0.5, 0.6) is 0 Å². The van der Waals surface area contributed by atoms with Gasteiger partial charge in [-0.3, -0.25) is 0 Å². The van der Waals surface area contributed by atoms with E-state index in [4.69, 9.17) is 9.15 Å². The molecule has 1 aliphatic heterocycles. The number of carbonyl (C=O) groups is 1. The fourth-order valence-corrected chi connectivity index (χ4v) is 2.64. The van der Waals surface area contributed by atoms with Crippen molar-refractivity contribution in [1.29, 1.82) is 5.26 Å². The fourth-order valence-electron chi connectivity index (χ4n) is 2.64. The summed E-state index contributed by atoms with van der Waals surface area (Å²) in [7, 11) is 0. The Kier molecular flexibility index (Phi) is 4.62. The normalized spacial score (nSPS) is 15.7. The smallest absolute Gasteiger partial charge is 0.355 e. The molecule has 1 aromatic carbocycles. The monoisotopic (exact) mass is 319 g/mol. The van der Waals surface area contributed by atoms with E-state index in [9.17, 15) is 10.1 Å². The molecule has 1 aliphatic rings. The molecule has 0 spiro atoms. The molecule has 0 amide bonds. The number of ether oxygens (including phenoxy) is 1. The van der Waals surface area contributed by atoms with Crippen LogP contribution in [0.1, 0.15) is 36.7 Å². The Hall–Kier alpha value is -3.06. The Morgan fingerprint density at radius 3 is 2.62 bits per heavy atom. The van der Waals surface area contributed by atoms with Crippen LogP contribution in [0.2, 0.25) is 0 Å². The molecule has 120 valence electrons. The predicted octanol–water partition coefficient (Wildman–Crippen LogP) is 4.50. The third-order valence-corrected chi connectivity index (χ3v) is 3.89. The highest BCUT2D eigenvalue weighted by atomic mass is 16.5. The van der Waals surface area contributed by atoms with Gasteiger partial charge in [-0.15, -0.1) is 0 Å². The molecule has 0 aliphatic carbocycles. The molecule has 2 aromatic rings. The predicted molar refractivity (Wildman–Crippen MR) is 90.4 cm³/mol. The number of furan rings is 1. The van der Waals surface area contributed by atoms with Crippen LogP contribution in [0.25, 0.3) is 11.6 Å². The van der Waals surface area contributed by atoms with Crippen molar-refractivity contribution in [2.24, 2.45) is 0 Å². The van der Waals surface area contributed by atoms with E-state index in [-0.39, 0.29) is 5.57 Å². The highest BCUT2D eigenvalue weighted by Gasteiger charge is 2.31. The highest BCUT2D eigenvalue weighted by molar-refractivity contribution is 6.11. The zero-order valence-corrected chi connectivity index (χ0v) is 13.4. The maximum atomic E-state index is 12.0. The second kappa shape index (κ2) is 7.01. The molecular weight excluding hydrogens is 302 g/mol. The molecule has 4 heteroatoms. The molecule has 24 heavy (non-hydrogen) atoms. The van der Waals surface area contributed by atoms with Crippen LogP contribution in [0.15, 0.2) is 58.4 Å². The van der Waals surface area contributed by atoms with Crippen molar-refractivity contribution in [2.75, 3.05) is 0 Å². The molecule has 0 saturated heterocycles. The van der Waals surface area contributed by atoms with Crippen molar-refractivity contribution in [3.05, 3.63) is 70.9 Å². The van der Waals surface area contributed by atoms with Gasteiger partial charge in [-0.25, -0.2) is 4.79 Å². The lowest BCUT2D eigenvalue weighted by Gasteiger charge is -2.06. The molecule has 3 rings (SSSR count). The average Bonchev–Trinajstić information content (AvgIpc) is 3.21. The topological polar surface area (TPSA) is 63.2 Å². The summed E-state index contributed by atoms with van der Waals surface area (Å²) in [4.78, 5) is 12.0. The number of rotatable bonds is 5. The van der Waals surface area contributed by atoms with Crippen molar-refractivity contribution in [3.8, 4) is 6.07 Å². The lowest BCUT2D eigenvalue weighted by Crippen LogP contribution is -1.96. The van der Waals surface area contributed by atoms with Crippen molar-refractivity contribution < 1.29 is 13.9 Å². The van der Waals surface area contributed by atoms with Gasteiger partial charge >= 0.3 is 5.97 Å². The molecular formula is C20H17NO3. The van der Waals surface area contributed by atoms with Crippen LogP contribution >= 0.6 is 0 Å². The van der Waals surface area contributed by atoms with Gasteiger partial charge in [0.2, 0.25) is 0 Å². The second-order valence-electron chi connectivity index (χ2n) is 5.58. The van der Waals surface area contributed by atoms with Gasteiger partial charge in [0, 0.05) is 11.6 Å². The molecule has 0 saturated carbocycles. The largest absolute Gasteiger partial charge is 0.465 e. The lowest BCUT2D eigenvalue weighted by atomic mass is 9.97. The van der Waals surface area contributed by atoms with E-state index in [1.807, 2.05) is 30.3 Å². The SMILES string of the molecule is CCCCc1ccc(C2=C(C#N)C(=O)O/C2=C/c2ccco2)cc1. The Balaban J connectivity index is 1.99. The molecule has 0 radical (unpaired) electrons. The molecule has 0 atom stereocenters. The maximum absolute atomic E-state index is 12.0. The summed E-state index contributed by atoms with van der Waals surface area (Å²) >= 11 is 0. The van der Waals surface area contributed by atoms with Gasteiger partial charge in [0.1, 0.15) is 23.2 Å². The standard InChI is InChI=1S/C20H17NO3/c1-2-3-5-14-7-9-15(10-8-14)19-17(13-21)20(22)24-18(19)12-16-6-4-11-23-16/h4,6-12H,2-3,5H2,1H3/b18-12+. The van der Waals surface area contributed by atoms with E-state index >= 15 is 0 Å². The number of nitriles is 1. The van der Waals surface area contributed by atoms with E-state index in [1.165, 1.54) is 5.56 Å². The first-order valence-electron chi connectivity index (χ1n) is 7.94. The zero-order valence-electron chi connectivity index (χ0n) is 13.4. The van der Waals surface area contributed by atoms with Gasteiger partial charge in [0.05, 0.1) is 6.26 Å². The molecule has 4 nitrogen and oxygen atoms in total. The Bertz CT molecular complexity index is 834. The molecule has 0 N–H and O–H groups in total.